The van der Waals surface area contributed by atoms with E-state index < -0.39 is 21.5 Å². The van der Waals surface area contributed by atoms with Crippen LogP contribution in [0.25, 0.3) is 23.3 Å². The first kappa shape index (κ1) is 33.2. The molecule has 229 valence electrons. The first-order chi connectivity index (χ1) is 20.1. The van der Waals surface area contributed by atoms with E-state index in [0.717, 1.165) is 12.8 Å². The summed E-state index contributed by atoms with van der Waals surface area (Å²) in [6, 6.07) is 23.1. The van der Waals surface area contributed by atoms with Crippen molar-refractivity contribution < 1.29 is 15.6 Å². The van der Waals surface area contributed by atoms with E-state index in [1.165, 1.54) is 55.7 Å². The van der Waals surface area contributed by atoms with Crippen LogP contribution in [0.5, 0.6) is 0 Å². The topological polar surface area (TPSA) is 0 Å². The second kappa shape index (κ2) is 11.9. The second-order valence-electron chi connectivity index (χ2n) is 14.9. The van der Waals surface area contributed by atoms with Crippen molar-refractivity contribution in [3.05, 3.63) is 105 Å². The Bertz CT molecular complexity index is 1590. The Hall–Kier alpha value is -1.18. The molecule has 3 atom stereocenters. The summed E-state index contributed by atoms with van der Waals surface area (Å²) in [6.45, 7) is 23.4. The van der Waals surface area contributed by atoms with E-state index >= 15 is 0 Å². The third kappa shape index (κ3) is 5.39. The number of hydrogen-bond donors (Lipinski definition) is 0. The van der Waals surface area contributed by atoms with Crippen LogP contribution in [0.1, 0.15) is 115 Å². The molecule has 0 nitrogen and oxygen atoms in total. The molecule has 43 heavy (non-hydrogen) atoms. The van der Waals surface area contributed by atoms with Crippen molar-refractivity contribution >= 4 is 35.1 Å². The van der Waals surface area contributed by atoms with Gasteiger partial charge in [-0.2, -0.15) is 0 Å². The molecule has 4 heteroatoms. The van der Waals surface area contributed by atoms with Gasteiger partial charge in [-0.05, 0) is 0 Å². The normalized spacial score (nSPS) is 20.0. The number of fused-ring (bicyclic) bond motifs is 2. The minimum atomic E-state index is -4.74. The minimum absolute atomic E-state index is 0.130. The summed E-state index contributed by atoms with van der Waals surface area (Å²) < 4.78 is 0.284. The average Bonchev–Trinajstić information content (AvgIpc) is 3.56. The molecule has 0 aromatic heterocycles. The summed E-state index contributed by atoms with van der Waals surface area (Å²) in [7, 11) is 17.2. The molecule has 0 radical (unpaired) electrons. The van der Waals surface area contributed by atoms with E-state index in [4.69, 9.17) is 17.0 Å². The van der Waals surface area contributed by atoms with Gasteiger partial charge >= 0.3 is 273 Å². The van der Waals surface area contributed by atoms with Gasteiger partial charge in [0.2, 0.25) is 0 Å². The number of benzene rings is 3. The summed E-state index contributed by atoms with van der Waals surface area (Å²) in [6.07, 6.45) is 7.09. The Morgan fingerprint density at radius 3 is 1.93 bits per heavy atom. The van der Waals surface area contributed by atoms with Crippen molar-refractivity contribution in [1.82, 2.24) is 0 Å². The molecule has 0 saturated heterocycles. The molecule has 0 N–H and O–H groups in total. The predicted octanol–water partition coefficient (Wildman–Crippen LogP) is 12.8. The Balaban J connectivity index is 1.74. The van der Waals surface area contributed by atoms with E-state index in [9.17, 15) is 0 Å². The van der Waals surface area contributed by atoms with Crippen molar-refractivity contribution in [2.24, 2.45) is 5.92 Å². The van der Waals surface area contributed by atoms with Gasteiger partial charge in [-0.25, -0.2) is 0 Å². The molecule has 2 aliphatic rings. The van der Waals surface area contributed by atoms with Crippen LogP contribution in [0.2, 0.25) is 13.1 Å². The summed E-state index contributed by atoms with van der Waals surface area (Å²) in [5, 5.41) is 0. The number of rotatable bonds is 8. The van der Waals surface area contributed by atoms with E-state index in [1.54, 1.807) is 0 Å². The van der Waals surface area contributed by atoms with Crippen LogP contribution in [-0.4, -0.2) is 5.92 Å². The van der Waals surface area contributed by atoms with E-state index in [1.807, 2.05) is 0 Å². The van der Waals surface area contributed by atoms with Crippen LogP contribution in [-0.2, 0) is 21.0 Å². The van der Waals surface area contributed by atoms with Crippen molar-refractivity contribution in [2.45, 2.75) is 99.9 Å². The van der Waals surface area contributed by atoms with Gasteiger partial charge in [-0.3, -0.25) is 0 Å². The fourth-order valence-corrected chi connectivity index (χ4v) is 39.5. The van der Waals surface area contributed by atoms with E-state index in [0.29, 0.717) is 11.8 Å². The Kier molecular flexibility index (Phi) is 9.17. The zero-order valence-corrected chi connectivity index (χ0v) is 33.1. The van der Waals surface area contributed by atoms with Crippen LogP contribution in [0, 0.1) is 5.92 Å². The summed E-state index contributed by atoms with van der Waals surface area (Å²) in [4.78, 5) is 0. The molecule has 2 aliphatic carbocycles. The number of hydrogen-bond acceptors (Lipinski definition) is 0. The van der Waals surface area contributed by atoms with E-state index in [-0.39, 0.29) is 12.7 Å². The monoisotopic (exact) mass is 707 g/mol. The summed E-state index contributed by atoms with van der Waals surface area (Å²) in [5.74, 6) is -0.678. The molecule has 3 unspecified atom stereocenters. The fourth-order valence-electron chi connectivity index (χ4n) is 7.87. The van der Waals surface area contributed by atoms with Crippen LogP contribution in [0.15, 0.2) is 71.8 Å². The van der Waals surface area contributed by atoms with Crippen LogP contribution in [0.4, 0.5) is 0 Å². The van der Waals surface area contributed by atoms with Gasteiger partial charge in [0.05, 0.1) is 0 Å². The molecule has 0 saturated carbocycles. The molecular formula is C39H51Cl2SiZr. The third-order valence-electron chi connectivity index (χ3n) is 10.8. The molecule has 5 rings (SSSR count). The maximum atomic E-state index is 8.60. The summed E-state index contributed by atoms with van der Waals surface area (Å²) >= 11 is -4.74. The molecule has 0 heterocycles. The van der Waals surface area contributed by atoms with E-state index in [2.05, 4.69) is 141 Å². The zero-order valence-electron chi connectivity index (χ0n) is 28.0. The summed E-state index contributed by atoms with van der Waals surface area (Å²) in [5.41, 5.74) is 14.0. The SMILES string of the molecule is CCC1=Cc2c(-c3ccc(C(C)(C)C)cc3)cccc2[CH]1[Zr]([Cl])([Cl])([CH]1C(C(C)C)=Cc2c(C(C)CC)cccc21)[SiH](C)C. The fraction of sp³-hybridized carbons (Fsp3) is 0.436. The predicted molar refractivity (Wildman–Crippen MR) is 193 cm³/mol. The van der Waals surface area contributed by atoms with Crippen LogP contribution < -0.4 is 0 Å². The Labute approximate surface area is 270 Å². The number of halogens is 2. The van der Waals surface area contributed by atoms with Gasteiger partial charge in [0.1, 0.15) is 0 Å². The van der Waals surface area contributed by atoms with Crippen molar-refractivity contribution in [3.8, 4) is 11.1 Å². The molecule has 0 spiro atoms. The molecule has 0 aliphatic heterocycles. The molecule has 0 bridgehead atoms. The average molecular weight is 710 g/mol. The van der Waals surface area contributed by atoms with Gasteiger partial charge in [-0.1, -0.05) is 0 Å². The maximum absolute atomic E-state index is 8.60. The molecular weight excluding hydrogens is 659 g/mol. The third-order valence-corrected chi connectivity index (χ3v) is 62.5. The first-order valence-electron chi connectivity index (χ1n) is 16.5. The Morgan fingerprint density at radius 2 is 1.40 bits per heavy atom. The van der Waals surface area contributed by atoms with Crippen molar-refractivity contribution in [1.29, 1.82) is 0 Å². The first-order valence-corrected chi connectivity index (χ1v) is 32.8. The molecule has 0 fully saturated rings. The zero-order chi connectivity index (χ0) is 31.5. The van der Waals surface area contributed by atoms with Gasteiger partial charge in [-0.15, -0.1) is 0 Å². The van der Waals surface area contributed by atoms with Gasteiger partial charge in [0.15, 0.2) is 0 Å². The standard InChI is InChI=1S/C21H23.C16H21.C2H7Si.2ClH.Zr/c1-5-15-13-17-7-6-8-19(20(17)14-15)16-9-11-18(12-10-16)21(2,3)4;1-5-12(4)15-8-6-7-13-9-14(11(2)3)10-16(13)15;1-3-2;;;/h6-14H,5H2,1-4H3;6-12H,5H2,1-4H3;3H,1-2H3;2*1H;/q;;;;;+2/p-2. The molecule has 3 aromatic rings. The van der Waals surface area contributed by atoms with Gasteiger partial charge in [0.25, 0.3) is 0 Å². The molecule has 3 aromatic carbocycles. The van der Waals surface area contributed by atoms with Gasteiger partial charge in [0, 0.05) is 0 Å². The van der Waals surface area contributed by atoms with Crippen molar-refractivity contribution in [3.63, 3.8) is 0 Å². The molecule has 0 amide bonds. The quantitative estimate of drug-likeness (QED) is 0.204. The van der Waals surface area contributed by atoms with Gasteiger partial charge < -0.3 is 0 Å². The number of allylic oxidation sites excluding steroid dienone is 2. The van der Waals surface area contributed by atoms with Crippen LogP contribution in [0.3, 0.4) is 0 Å². The second-order valence-corrected chi connectivity index (χ2v) is 57.4. The Morgan fingerprint density at radius 1 is 0.791 bits per heavy atom. The van der Waals surface area contributed by atoms with Crippen LogP contribution >= 0.6 is 17.0 Å². The van der Waals surface area contributed by atoms with Crippen molar-refractivity contribution in [2.75, 3.05) is 0 Å².